The molecule has 1 N–H and O–H groups in total. The van der Waals surface area contributed by atoms with E-state index in [0.717, 1.165) is 69.7 Å². The Hall–Kier alpha value is -2.94. The van der Waals surface area contributed by atoms with E-state index in [0.29, 0.717) is 0 Å². The fourth-order valence-corrected chi connectivity index (χ4v) is 6.49. The predicted octanol–water partition coefficient (Wildman–Crippen LogP) is 5.03. The molecule has 0 amide bonds. The highest BCUT2D eigenvalue weighted by Gasteiger charge is 2.41. The summed E-state index contributed by atoms with van der Waals surface area (Å²) in [7, 11) is 0. The fourth-order valence-electron chi connectivity index (χ4n) is 6.16. The molecule has 0 spiro atoms. The molecule has 3 aromatic rings. The van der Waals surface area contributed by atoms with Crippen LogP contribution in [0, 0.1) is 13.8 Å². The van der Waals surface area contributed by atoms with E-state index in [2.05, 4.69) is 94.7 Å². The van der Waals surface area contributed by atoms with Crippen LogP contribution in [0.1, 0.15) is 55.0 Å². The van der Waals surface area contributed by atoms with Gasteiger partial charge in [-0.05, 0) is 94.4 Å². The number of pyridine rings is 1. The smallest absolute Gasteiger partial charge is 0.170 e. The second-order valence-corrected chi connectivity index (χ2v) is 10.9. The lowest BCUT2D eigenvalue weighted by molar-refractivity contribution is 0.0365. The zero-order chi connectivity index (χ0) is 27.4. The van der Waals surface area contributed by atoms with Crippen LogP contribution in [0.25, 0.3) is 5.69 Å². The second kappa shape index (κ2) is 12.5. The normalized spacial score (nSPS) is 19.9. The van der Waals surface area contributed by atoms with E-state index in [1.165, 1.54) is 28.3 Å². The first-order chi connectivity index (χ1) is 19.0. The summed E-state index contributed by atoms with van der Waals surface area (Å²) in [5.41, 5.74) is 7.25. The first kappa shape index (κ1) is 27.6. The maximum absolute atomic E-state index is 5.94. The van der Waals surface area contributed by atoms with Crippen LogP contribution in [0.15, 0.2) is 54.7 Å². The van der Waals surface area contributed by atoms with Gasteiger partial charge in [-0.3, -0.25) is 9.88 Å². The van der Waals surface area contributed by atoms with E-state index < -0.39 is 0 Å². The molecule has 5 rings (SSSR count). The summed E-state index contributed by atoms with van der Waals surface area (Å²) >= 11 is 5.94. The van der Waals surface area contributed by atoms with E-state index in [-0.39, 0.29) is 12.1 Å². The number of morpholine rings is 1. The van der Waals surface area contributed by atoms with Crippen molar-refractivity contribution in [1.29, 1.82) is 0 Å². The summed E-state index contributed by atoms with van der Waals surface area (Å²) < 4.78 is 7.91. The third-order valence-corrected chi connectivity index (χ3v) is 8.55. The molecular weight excluding hydrogens is 504 g/mol. The van der Waals surface area contributed by atoms with Crippen LogP contribution in [0.5, 0.6) is 0 Å². The number of hydrogen-bond acceptors (Lipinski definition) is 5. The summed E-state index contributed by atoms with van der Waals surface area (Å²) in [4.78, 5) is 12.0. The molecule has 2 aliphatic rings. The lowest BCUT2D eigenvalue weighted by Gasteiger charge is -2.30. The molecule has 1 aromatic carbocycles. The van der Waals surface area contributed by atoms with Crippen LogP contribution in [0.2, 0.25) is 0 Å². The Morgan fingerprint density at radius 3 is 2.44 bits per heavy atom. The summed E-state index contributed by atoms with van der Waals surface area (Å²) in [5.74, 6) is 0. The second-order valence-electron chi connectivity index (χ2n) is 10.5. The Kier molecular flexibility index (Phi) is 8.85. The first-order valence-electron chi connectivity index (χ1n) is 14.3. The maximum Gasteiger partial charge on any atom is 0.170 e. The third-order valence-electron chi connectivity index (χ3n) is 8.20. The lowest BCUT2D eigenvalue weighted by Crippen LogP contribution is -2.39. The number of aryl methyl sites for hydroxylation is 1. The Labute approximate surface area is 238 Å². The van der Waals surface area contributed by atoms with Crippen LogP contribution < -0.4 is 10.2 Å². The summed E-state index contributed by atoms with van der Waals surface area (Å²) in [6.45, 7) is 16.5. The zero-order valence-corrected chi connectivity index (χ0v) is 24.6. The predicted molar refractivity (Wildman–Crippen MR) is 163 cm³/mol. The molecule has 2 fully saturated rings. The highest BCUT2D eigenvalue weighted by molar-refractivity contribution is 7.80. The monoisotopic (exact) mass is 546 g/mol. The van der Waals surface area contributed by atoms with Crippen LogP contribution >= 0.6 is 12.2 Å². The molecule has 0 bridgehead atoms. The van der Waals surface area contributed by atoms with Crippen LogP contribution in [0.4, 0.5) is 5.69 Å². The SMILES string of the molecule is CCN(CC)c1ccc(-n2c(C)cc([C@H]3[C@H](c4ccccn4)NC(=S)N3CCCN3CCOCC3)c2C)cc1. The zero-order valence-electron chi connectivity index (χ0n) is 23.8. The minimum atomic E-state index is 0.000999. The van der Waals surface area contributed by atoms with Crippen LogP contribution in [-0.2, 0) is 4.74 Å². The van der Waals surface area contributed by atoms with Gasteiger partial charge < -0.3 is 24.4 Å². The number of ether oxygens (including phenoxy) is 1. The lowest BCUT2D eigenvalue weighted by atomic mass is 9.96. The van der Waals surface area contributed by atoms with Gasteiger partial charge in [0.05, 0.1) is 31.0 Å². The molecule has 0 saturated carbocycles. The van der Waals surface area contributed by atoms with Gasteiger partial charge in [-0.25, -0.2) is 0 Å². The Morgan fingerprint density at radius 1 is 1.03 bits per heavy atom. The Morgan fingerprint density at radius 2 is 1.77 bits per heavy atom. The van der Waals surface area contributed by atoms with E-state index in [4.69, 9.17) is 21.9 Å². The summed E-state index contributed by atoms with van der Waals surface area (Å²) in [6, 6.07) is 17.5. The van der Waals surface area contributed by atoms with Crippen LogP contribution in [0.3, 0.4) is 0 Å². The highest BCUT2D eigenvalue weighted by atomic mass is 32.1. The number of nitrogens with zero attached hydrogens (tertiary/aromatic N) is 5. The number of rotatable bonds is 10. The maximum atomic E-state index is 5.94. The van der Waals surface area contributed by atoms with Crippen molar-refractivity contribution in [3.8, 4) is 5.69 Å². The minimum absolute atomic E-state index is 0.000999. The van der Waals surface area contributed by atoms with Gasteiger partial charge in [0.2, 0.25) is 0 Å². The molecule has 4 heterocycles. The number of anilines is 1. The minimum Gasteiger partial charge on any atom is -0.379 e. The number of benzene rings is 1. The van der Waals surface area contributed by atoms with Gasteiger partial charge in [0.1, 0.15) is 0 Å². The summed E-state index contributed by atoms with van der Waals surface area (Å²) in [6.07, 6.45) is 2.93. The highest BCUT2D eigenvalue weighted by Crippen LogP contribution is 2.41. The van der Waals surface area contributed by atoms with Crippen molar-refractivity contribution in [3.63, 3.8) is 0 Å². The van der Waals surface area contributed by atoms with Gasteiger partial charge in [-0.1, -0.05) is 6.07 Å². The van der Waals surface area contributed by atoms with Crippen molar-refractivity contribution < 1.29 is 4.74 Å². The van der Waals surface area contributed by atoms with Gasteiger partial charge >= 0.3 is 0 Å². The average molecular weight is 547 g/mol. The van der Waals surface area contributed by atoms with Gasteiger partial charge in [-0.2, -0.15) is 0 Å². The molecule has 39 heavy (non-hydrogen) atoms. The molecule has 0 aliphatic carbocycles. The van der Waals surface area contributed by atoms with Crippen molar-refractivity contribution in [1.82, 2.24) is 24.7 Å². The van der Waals surface area contributed by atoms with E-state index in [1.54, 1.807) is 0 Å². The molecule has 0 unspecified atom stereocenters. The molecule has 2 aromatic heterocycles. The molecule has 0 radical (unpaired) electrons. The fraction of sp³-hybridized carbons (Fsp3) is 0.484. The first-order valence-corrected chi connectivity index (χ1v) is 14.7. The Balaban J connectivity index is 1.45. The van der Waals surface area contributed by atoms with E-state index >= 15 is 0 Å². The molecule has 7 nitrogen and oxygen atoms in total. The van der Waals surface area contributed by atoms with E-state index in [1.807, 2.05) is 12.3 Å². The Bertz CT molecular complexity index is 1230. The van der Waals surface area contributed by atoms with Crippen molar-refractivity contribution in [3.05, 3.63) is 77.4 Å². The van der Waals surface area contributed by atoms with Gasteiger partial charge in [0.25, 0.3) is 0 Å². The standard InChI is InChI=1S/C31H42N6OS/c1-5-35(6-2)25-11-13-26(14-12-25)37-23(3)22-27(24(37)4)30-29(28-10-7-8-15-32-28)33-31(39)36(30)17-9-16-34-18-20-38-21-19-34/h7-8,10-15,22,29-30H,5-6,9,16-21H2,1-4H3,(H,33,39)/t29-,30-/m0/s1. The molecule has 8 heteroatoms. The molecule has 208 valence electrons. The van der Waals surface area contributed by atoms with E-state index in [9.17, 15) is 0 Å². The largest absolute Gasteiger partial charge is 0.379 e. The molecule has 2 atom stereocenters. The quantitative estimate of drug-likeness (QED) is 0.358. The van der Waals surface area contributed by atoms with Crippen molar-refractivity contribution in [2.24, 2.45) is 0 Å². The molecule has 2 saturated heterocycles. The molecular formula is C31H42N6OS. The summed E-state index contributed by atoms with van der Waals surface area (Å²) in [5, 5.41) is 4.44. The van der Waals surface area contributed by atoms with Gasteiger partial charge in [-0.15, -0.1) is 0 Å². The number of thiocarbonyl (C=S) groups is 1. The van der Waals surface area contributed by atoms with Crippen molar-refractivity contribution in [2.45, 2.75) is 46.2 Å². The number of hydrogen-bond donors (Lipinski definition) is 1. The number of nitrogens with one attached hydrogen (secondary N) is 1. The van der Waals surface area contributed by atoms with Gasteiger partial charge in [0, 0.05) is 68.2 Å². The van der Waals surface area contributed by atoms with Gasteiger partial charge in [0.15, 0.2) is 5.11 Å². The van der Waals surface area contributed by atoms with Crippen LogP contribution in [-0.4, -0.2) is 76.9 Å². The molecule has 2 aliphatic heterocycles. The third kappa shape index (κ3) is 5.83. The number of aromatic nitrogens is 2. The average Bonchev–Trinajstić information content (AvgIpc) is 3.45. The topological polar surface area (TPSA) is 48.8 Å². The van der Waals surface area contributed by atoms with Crippen molar-refractivity contribution in [2.75, 3.05) is 57.4 Å². The van der Waals surface area contributed by atoms with Crippen molar-refractivity contribution >= 4 is 23.0 Å².